The van der Waals surface area contributed by atoms with Crippen LogP contribution in [-0.2, 0) is 16.2 Å². The molecule has 2 aliphatic rings. The second-order valence-electron chi connectivity index (χ2n) is 8.74. The largest absolute Gasteiger partial charge is 0.493 e. The van der Waals surface area contributed by atoms with Crippen molar-refractivity contribution in [3.63, 3.8) is 0 Å². The first kappa shape index (κ1) is 26.3. The molecule has 0 bridgehead atoms. The number of para-hydroxylation sites is 1. The number of aromatic carboxylic acids is 1. The highest BCUT2D eigenvalue weighted by atomic mass is 32.2. The van der Waals surface area contributed by atoms with Crippen molar-refractivity contribution in [2.75, 3.05) is 26.7 Å². The molecule has 0 aromatic heterocycles. The normalized spacial score (nSPS) is 17.2. The average Bonchev–Trinajstić information content (AvgIpc) is 3.07. The van der Waals surface area contributed by atoms with Crippen molar-refractivity contribution in [3.8, 4) is 11.5 Å². The quantitative estimate of drug-likeness (QED) is 0.505. The second kappa shape index (κ2) is 12.0. The molecule has 2 fully saturated rings. The molecule has 10 heteroatoms. The number of carbonyl (C=O) groups excluding carboxylic acids is 3. The minimum Gasteiger partial charge on any atom is -0.493 e. The Balaban J connectivity index is 1.52. The molecule has 4 rings (SSSR count). The minimum absolute atomic E-state index is 0.0636. The van der Waals surface area contributed by atoms with Gasteiger partial charge in [-0.15, -0.1) is 0 Å². The van der Waals surface area contributed by atoms with Crippen LogP contribution < -0.4 is 9.47 Å². The van der Waals surface area contributed by atoms with Gasteiger partial charge in [-0.3, -0.25) is 19.3 Å². The molecule has 2 aliphatic heterocycles. The Kier molecular flexibility index (Phi) is 8.50. The number of carbonyl (C=O) groups is 4. The second-order valence-corrected chi connectivity index (χ2v) is 9.73. The Morgan fingerprint density at radius 1 is 1.05 bits per heavy atom. The van der Waals surface area contributed by atoms with E-state index in [2.05, 4.69) is 0 Å². The number of likely N-dealkylation sites (tertiary alicyclic amines) is 1. The molecule has 2 heterocycles. The zero-order valence-corrected chi connectivity index (χ0v) is 21.3. The summed E-state index contributed by atoms with van der Waals surface area (Å²) in [4.78, 5) is 52.6. The number of carboxylic acid groups (broad SMARTS) is 1. The smallest absolute Gasteiger partial charge is 0.335 e. The van der Waals surface area contributed by atoms with Crippen LogP contribution in [0.5, 0.6) is 11.5 Å². The summed E-state index contributed by atoms with van der Waals surface area (Å²) in [5.74, 6) is -1.03. The predicted octanol–water partition coefficient (Wildman–Crippen LogP) is 4.41. The fraction of sp³-hybridized carbons (Fsp3) is 0.333. The molecule has 2 aromatic carbocycles. The summed E-state index contributed by atoms with van der Waals surface area (Å²) < 4.78 is 11.4. The maximum Gasteiger partial charge on any atom is 0.335 e. The number of rotatable bonds is 8. The summed E-state index contributed by atoms with van der Waals surface area (Å²) >= 11 is 0.777. The standard InChI is InChI=1S/C27H28N2O7S/c1-35-21-11-7-9-19(24(21)36-17-18-8-6-10-20(14-18)26(32)33)15-22-25(31)29(27(34)37-22)16-23(30)28-12-4-2-3-5-13-28/h6-11,14-15H,2-5,12-13,16-17H2,1H3,(H,32,33). The summed E-state index contributed by atoms with van der Waals surface area (Å²) in [6.07, 6.45) is 5.54. The minimum atomic E-state index is -1.04. The molecular formula is C27H28N2O7S. The van der Waals surface area contributed by atoms with Crippen molar-refractivity contribution >= 4 is 40.9 Å². The predicted molar refractivity (Wildman–Crippen MR) is 138 cm³/mol. The third kappa shape index (κ3) is 6.32. The van der Waals surface area contributed by atoms with E-state index in [1.54, 1.807) is 41.3 Å². The fourth-order valence-corrected chi connectivity index (χ4v) is 5.07. The summed E-state index contributed by atoms with van der Waals surface area (Å²) in [5.41, 5.74) is 1.30. The van der Waals surface area contributed by atoms with Crippen molar-refractivity contribution < 1.29 is 33.8 Å². The van der Waals surface area contributed by atoms with E-state index >= 15 is 0 Å². The van der Waals surface area contributed by atoms with E-state index in [1.807, 2.05) is 0 Å². The van der Waals surface area contributed by atoms with Gasteiger partial charge in [-0.1, -0.05) is 37.1 Å². The third-order valence-corrected chi connectivity index (χ3v) is 7.11. The molecule has 0 unspecified atom stereocenters. The van der Waals surface area contributed by atoms with E-state index < -0.39 is 17.1 Å². The number of nitrogens with zero attached hydrogens (tertiary/aromatic N) is 2. The summed E-state index contributed by atoms with van der Waals surface area (Å²) in [5, 5.41) is 8.74. The number of benzene rings is 2. The van der Waals surface area contributed by atoms with Crippen LogP contribution in [-0.4, -0.2) is 64.7 Å². The van der Waals surface area contributed by atoms with Crippen molar-refractivity contribution in [2.45, 2.75) is 32.3 Å². The van der Waals surface area contributed by atoms with Gasteiger partial charge in [0.15, 0.2) is 11.5 Å². The van der Waals surface area contributed by atoms with Crippen LogP contribution in [0.3, 0.4) is 0 Å². The Labute approximate surface area is 219 Å². The fourth-order valence-electron chi connectivity index (χ4n) is 4.24. The van der Waals surface area contributed by atoms with E-state index in [0.717, 1.165) is 42.3 Å². The van der Waals surface area contributed by atoms with Crippen molar-refractivity contribution in [3.05, 3.63) is 64.1 Å². The van der Waals surface area contributed by atoms with Crippen LogP contribution in [0, 0.1) is 0 Å². The summed E-state index contributed by atoms with van der Waals surface area (Å²) in [6, 6.07) is 11.5. The van der Waals surface area contributed by atoms with Gasteiger partial charge in [-0.05, 0) is 54.4 Å². The lowest BCUT2D eigenvalue weighted by atomic mass is 10.1. The van der Waals surface area contributed by atoms with Crippen LogP contribution in [0.25, 0.3) is 6.08 Å². The van der Waals surface area contributed by atoms with E-state index in [4.69, 9.17) is 9.47 Å². The lowest BCUT2D eigenvalue weighted by Gasteiger charge is -2.22. The van der Waals surface area contributed by atoms with Crippen LogP contribution in [0.15, 0.2) is 47.4 Å². The topological polar surface area (TPSA) is 113 Å². The maximum atomic E-state index is 13.1. The molecule has 0 saturated carbocycles. The van der Waals surface area contributed by atoms with E-state index in [0.29, 0.717) is 35.7 Å². The molecule has 0 aliphatic carbocycles. The first-order valence-corrected chi connectivity index (χ1v) is 12.8. The Bertz CT molecular complexity index is 1240. The Morgan fingerprint density at radius 2 is 1.78 bits per heavy atom. The Morgan fingerprint density at radius 3 is 2.49 bits per heavy atom. The maximum absolute atomic E-state index is 13.1. The van der Waals surface area contributed by atoms with Gasteiger partial charge >= 0.3 is 5.97 Å². The van der Waals surface area contributed by atoms with Gasteiger partial charge in [0.2, 0.25) is 5.91 Å². The summed E-state index contributed by atoms with van der Waals surface area (Å²) in [6.45, 7) is 1.08. The highest BCUT2D eigenvalue weighted by molar-refractivity contribution is 8.18. The molecule has 2 saturated heterocycles. The number of hydrogen-bond acceptors (Lipinski definition) is 7. The van der Waals surface area contributed by atoms with Crippen LogP contribution >= 0.6 is 11.8 Å². The highest BCUT2D eigenvalue weighted by Crippen LogP contribution is 2.37. The monoisotopic (exact) mass is 524 g/mol. The first-order valence-electron chi connectivity index (χ1n) is 12.0. The van der Waals surface area contributed by atoms with Gasteiger partial charge in [-0.25, -0.2) is 4.79 Å². The van der Waals surface area contributed by atoms with E-state index in [-0.39, 0.29) is 29.5 Å². The number of methoxy groups -OCH3 is 1. The molecule has 2 aromatic rings. The van der Waals surface area contributed by atoms with Crippen molar-refractivity contribution in [1.29, 1.82) is 0 Å². The molecule has 9 nitrogen and oxygen atoms in total. The number of ether oxygens (including phenoxy) is 2. The molecule has 37 heavy (non-hydrogen) atoms. The van der Waals surface area contributed by atoms with Crippen molar-refractivity contribution in [1.82, 2.24) is 9.80 Å². The van der Waals surface area contributed by atoms with Gasteiger partial charge in [0, 0.05) is 18.7 Å². The lowest BCUT2D eigenvalue weighted by molar-refractivity contribution is -0.135. The molecule has 0 atom stereocenters. The molecule has 3 amide bonds. The number of thioether (sulfide) groups is 1. The van der Waals surface area contributed by atoms with Crippen molar-refractivity contribution in [2.24, 2.45) is 0 Å². The first-order chi connectivity index (χ1) is 17.9. The van der Waals surface area contributed by atoms with Crippen LogP contribution in [0.4, 0.5) is 4.79 Å². The molecule has 1 N–H and O–H groups in total. The summed E-state index contributed by atoms with van der Waals surface area (Å²) in [7, 11) is 1.49. The number of imide groups is 1. The van der Waals surface area contributed by atoms with Gasteiger partial charge in [-0.2, -0.15) is 0 Å². The highest BCUT2D eigenvalue weighted by Gasteiger charge is 2.37. The Hall–Kier alpha value is -3.79. The zero-order chi connectivity index (χ0) is 26.4. The SMILES string of the molecule is COc1cccc(C=C2SC(=O)N(CC(=O)N3CCCCCC3)C2=O)c1OCc1cccc(C(=O)O)c1. The van der Waals surface area contributed by atoms with Gasteiger partial charge in [0.05, 0.1) is 17.6 Å². The lowest BCUT2D eigenvalue weighted by Crippen LogP contribution is -2.42. The van der Waals surface area contributed by atoms with Gasteiger partial charge < -0.3 is 19.5 Å². The van der Waals surface area contributed by atoms with Crippen LogP contribution in [0.2, 0.25) is 0 Å². The number of carboxylic acids is 1. The average molecular weight is 525 g/mol. The molecule has 0 spiro atoms. The van der Waals surface area contributed by atoms with E-state index in [1.165, 1.54) is 19.2 Å². The molecular weight excluding hydrogens is 496 g/mol. The molecule has 194 valence electrons. The van der Waals surface area contributed by atoms with Crippen LogP contribution in [0.1, 0.15) is 47.2 Å². The third-order valence-electron chi connectivity index (χ3n) is 6.20. The molecule has 0 radical (unpaired) electrons. The van der Waals surface area contributed by atoms with Gasteiger partial charge in [0.25, 0.3) is 11.1 Å². The number of amides is 3. The zero-order valence-electron chi connectivity index (χ0n) is 20.5. The number of hydrogen-bond donors (Lipinski definition) is 1. The van der Waals surface area contributed by atoms with E-state index in [9.17, 15) is 24.3 Å². The van der Waals surface area contributed by atoms with Gasteiger partial charge in [0.1, 0.15) is 13.2 Å².